The molecule has 2 nitrogen and oxygen atoms in total. The summed E-state index contributed by atoms with van der Waals surface area (Å²) in [5, 5.41) is 4.03. The van der Waals surface area contributed by atoms with Crippen LogP contribution in [0.1, 0.15) is 33.1 Å². The van der Waals surface area contributed by atoms with Crippen LogP contribution < -0.4 is 5.32 Å². The summed E-state index contributed by atoms with van der Waals surface area (Å²) in [6.07, 6.45) is 3.90. The van der Waals surface area contributed by atoms with Crippen molar-refractivity contribution in [3.05, 3.63) is 0 Å². The molecule has 2 aliphatic rings. The van der Waals surface area contributed by atoms with Gasteiger partial charge < -0.3 is 5.32 Å². The van der Waals surface area contributed by atoms with Crippen molar-refractivity contribution in [2.24, 2.45) is 23.7 Å². The number of halogens is 1. The SMILES string of the molecule is CC(C)C(CBr)NC(=O)C1C2CCCC21. The Bertz CT molecular complexity index is 244. The lowest BCUT2D eigenvalue weighted by Gasteiger charge is -2.20. The zero-order chi connectivity index (χ0) is 11.0. The normalized spacial score (nSPS) is 35.1. The number of nitrogens with one attached hydrogen (secondary N) is 1. The van der Waals surface area contributed by atoms with Gasteiger partial charge in [-0.05, 0) is 30.6 Å². The van der Waals surface area contributed by atoms with E-state index in [2.05, 4.69) is 35.1 Å². The van der Waals surface area contributed by atoms with E-state index in [4.69, 9.17) is 0 Å². The largest absolute Gasteiger partial charge is 0.352 e. The molecule has 1 amide bonds. The van der Waals surface area contributed by atoms with E-state index in [0.717, 1.165) is 17.2 Å². The maximum atomic E-state index is 12.0. The van der Waals surface area contributed by atoms with Crippen LogP contribution in [-0.4, -0.2) is 17.3 Å². The van der Waals surface area contributed by atoms with Gasteiger partial charge in [0.1, 0.15) is 0 Å². The van der Waals surface area contributed by atoms with Gasteiger partial charge in [-0.1, -0.05) is 36.2 Å². The first-order valence-corrected chi connectivity index (χ1v) is 7.13. The summed E-state index contributed by atoms with van der Waals surface area (Å²) in [6, 6.07) is 0.291. The third-order valence-corrected chi connectivity index (χ3v) is 4.71. The maximum Gasteiger partial charge on any atom is 0.223 e. The fourth-order valence-electron chi connectivity index (χ4n) is 2.87. The second-order valence-electron chi connectivity index (χ2n) is 5.30. The number of rotatable bonds is 4. The van der Waals surface area contributed by atoms with Crippen molar-refractivity contribution >= 4 is 21.8 Å². The standard InChI is InChI=1S/C12H20BrNO/c1-7(2)10(6-13)14-12(15)11-8-4-3-5-9(8)11/h7-11H,3-6H2,1-2H3,(H,14,15). The molecule has 0 radical (unpaired) electrons. The Morgan fingerprint density at radius 1 is 1.40 bits per heavy atom. The first kappa shape index (κ1) is 11.4. The van der Waals surface area contributed by atoms with Crippen LogP contribution in [0.5, 0.6) is 0 Å². The molecular weight excluding hydrogens is 254 g/mol. The Morgan fingerprint density at radius 2 is 2.00 bits per heavy atom. The Morgan fingerprint density at radius 3 is 2.47 bits per heavy atom. The van der Waals surface area contributed by atoms with Gasteiger partial charge in [0.2, 0.25) is 5.91 Å². The van der Waals surface area contributed by atoms with Crippen LogP contribution in [0, 0.1) is 23.7 Å². The molecule has 2 rings (SSSR count). The summed E-state index contributed by atoms with van der Waals surface area (Å²) >= 11 is 3.46. The Balaban J connectivity index is 1.82. The van der Waals surface area contributed by atoms with Crippen LogP contribution in [0.3, 0.4) is 0 Å². The predicted octanol–water partition coefficient (Wildman–Crippen LogP) is 2.57. The van der Waals surface area contributed by atoms with Gasteiger partial charge in [0.05, 0.1) is 0 Å². The van der Waals surface area contributed by atoms with Crippen LogP contribution in [0.4, 0.5) is 0 Å². The molecule has 0 heterocycles. The molecule has 0 spiro atoms. The monoisotopic (exact) mass is 273 g/mol. The average molecular weight is 274 g/mol. The highest BCUT2D eigenvalue weighted by molar-refractivity contribution is 9.09. The zero-order valence-corrected chi connectivity index (χ0v) is 11.1. The number of carbonyl (C=O) groups excluding carboxylic acids is 1. The molecule has 0 bridgehead atoms. The lowest BCUT2D eigenvalue weighted by atomic mass is 10.1. The van der Waals surface area contributed by atoms with Gasteiger partial charge in [-0.2, -0.15) is 0 Å². The second-order valence-corrected chi connectivity index (χ2v) is 5.95. The van der Waals surface area contributed by atoms with Gasteiger partial charge in [-0.3, -0.25) is 4.79 Å². The third kappa shape index (κ3) is 2.22. The van der Waals surface area contributed by atoms with E-state index in [1.165, 1.54) is 19.3 Å². The molecule has 3 unspecified atom stereocenters. The summed E-state index contributed by atoms with van der Waals surface area (Å²) in [6.45, 7) is 4.31. The van der Waals surface area contributed by atoms with Gasteiger partial charge in [0.25, 0.3) is 0 Å². The zero-order valence-electron chi connectivity index (χ0n) is 9.50. The van der Waals surface area contributed by atoms with Gasteiger partial charge in [-0.25, -0.2) is 0 Å². The molecule has 0 aromatic carbocycles. The predicted molar refractivity (Wildman–Crippen MR) is 64.9 cm³/mol. The van der Waals surface area contributed by atoms with Crippen molar-refractivity contribution in [3.8, 4) is 0 Å². The minimum Gasteiger partial charge on any atom is -0.352 e. The van der Waals surface area contributed by atoms with Crippen LogP contribution >= 0.6 is 15.9 Å². The van der Waals surface area contributed by atoms with Gasteiger partial charge in [-0.15, -0.1) is 0 Å². The van der Waals surface area contributed by atoms with Crippen LogP contribution in [0.15, 0.2) is 0 Å². The van der Waals surface area contributed by atoms with E-state index >= 15 is 0 Å². The summed E-state index contributed by atoms with van der Waals surface area (Å²) in [4.78, 5) is 12.0. The molecule has 0 aliphatic heterocycles. The number of amides is 1. The molecule has 3 atom stereocenters. The van der Waals surface area contributed by atoms with Crippen molar-refractivity contribution in [2.75, 3.05) is 5.33 Å². The minimum atomic E-state index is 0.291. The minimum absolute atomic E-state index is 0.291. The molecular formula is C12H20BrNO. The highest BCUT2D eigenvalue weighted by atomic mass is 79.9. The van der Waals surface area contributed by atoms with Crippen LogP contribution in [0.25, 0.3) is 0 Å². The molecule has 2 saturated carbocycles. The quantitative estimate of drug-likeness (QED) is 0.784. The van der Waals surface area contributed by atoms with Gasteiger partial charge in [0, 0.05) is 17.3 Å². The highest BCUT2D eigenvalue weighted by Gasteiger charge is 2.56. The topological polar surface area (TPSA) is 29.1 Å². The van der Waals surface area contributed by atoms with Gasteiger partial charge in [0.15, 0.2) is 0 Å². The number of hydrogen-bond donors (Lipinski definition) is 1. The summed E-state index contributed by atoms with van der Waals surface area (Å²) < 4.78 is 0. The molecule has 3 heteroatoms. The van der Waals surface area contributed by atoms with E-state index in [9.17, 15) is 4.79 Å². The van der Waals surface area contributed by atoms with E-state index in [1.807, 2.05) is 0 Å². The molecule has 2 aliphatic carbocycles. The lowest BCUT2D eigenvalue weighted by molar-refractivity contribution is -0.123. The first-order chi connectivity index (χ1) is 7.15. The highest BCUT2D eigenvalue weighted by Crippen LogP contribution is 2.57. The summed E-state index contributed by atoms with van der Waals surface area (Å²) in [7, 11) is 0. The number of alkyl halides is 1. The lowest BCUT2D eigenvalue weighted by Crippen LogP contribution is -2.41. The molecule has 15 heavy (non-hydrogen) atoms. The van der Waals surface area contributed by atoms with Crippen molar-refractivity contribution in [3.63, 3.8) is 0 Å². The number of fused-ring (bicyclic) bond motifs is 1. The fourth-order valence-corrected chi connectivity index (χ4v) is 3.78. The number of hydrogen-bond acceptors (Lipinski definition) is 1. The molecule has 0 saturated heterocycles. The Kier molecular flexibility index (Phi) is 3.39. The maximum absolute atomic E-state index is 12.0. The molecule has 0 aromatic heterocycles. The third-order valence-electron chi connectivity index (χ3n) is 4.01. The molecule has 2 fully saturated rings. The van der Waals surface area contributed by atoms with E-state index < -0.39 is 0 Å². The first-order valence-electron chi connectivity index (χ1n) is 6.01. The van der Waals surface area contributed by atoms with Gasteiger partial charge >= 0.3 is 0 Å². The van der Waals surface area contributed by atoms with Crippen LogP contribution in [0.2, 0.25) is 0 Å². The molecule has 86 valence electrons. The van der Waals surface area contributed by atoms with E-state index in [0.29, 0.717) is 23.8 Å². The molecule has 0 aromatic rings. The second kappa shape index (κ2) is 4.44. The van der Waals surface area contributed by atoms with E-state index in [1.54, 1.807) is 0 Å². The van der Waals surface area contributed by atoms with E-state index in [-0.39, 0.29) is 0 Å². The summed E-state index contributed by atoms with van der Waals surface area (Å²) in [5.74, 6) is 2.63. The Hall–Kier alpha value is -0.0500. The molecule has 1 N–H and O–H groups in total. The van der Waals surface area contributed by atoms with Crippen molar-refractivity contribution in [2.45, 2.75) is 39.2 Å². The fraction of sp³-hybridized carbons (Fsp3) is 0.917. The van der Waals surface area contributed by atoms with Crippen molar-refractivity contribution in [1.29, 1.82) is 0 Å². The van der Waals surface area contributed by atoms with Crippen LogP contribution in [-0.2, 0) is 4.79 Å². The summed E-state index contributed by atoms with van der Waals surface area (Å²) in [5.41, 5.74) is 0. The number of carbonyl (C=O) groups is 1. The smallest absolute Gasteiger partial charge is 0.223 e. The van der Waals surface area contributed by atoms with Crippen molar-refractivity contribution in [1.82, 2.24) is 5.32 Å². The van der Waals surface area contributed by atoms with Crippen molar-refractivity contribution < 1.29 is 4.79 Å². The average Bonchev–Trinajstić information content (AvgIpc) is 2.68. The Labute approximate surface area is 100 Å².